The molecule has 0 fully saturated rings. The van der Waals surface area contributed by atoms with E-state index in [-0.39, 0.29) is 6.54 Å². The van der Waals surface area contributed by atoms with Gasteiger partial charge >= 0.3 is 11.4 Å². The minimum absolute atomic E-state index is 0.157. The number of H-pyrrole nitrogens is 1. The summed E-state index contributed by atoms with van der Waals surface area (Å²) in [6.07, 6.45) is 4.08. The Bertz CT molecular complexity index is 1360. The van der Waals surface area contributed by atoms with Crippen molar-refractivity contribution in [2.75, 3.05) is 6.61 Å². The minimum Gasteiger partial charge on any atom is -0.493 e. The van der Waals surface area contributed by atoms with Crippen molar-refractivity contribution in [1.29, 1.82) is 0 Å². The highest BCUT2D eigenvalue weighted by Gasteiger charge is 2.08. The molecule has 8 nitrogen and oxygen atoms in total. The molecule has 32 heavy (non-hydrogen) atoms. The van der Waals surface area contributed by atoms with E-state index < -0.39 is 11.4 Å². The second kappa shape index (κ2) is 9.38. The third-order valence-corrected chi connectivity index (χ3v) is 4.92. The van der Waals surface area contributed by atoms with Gasteiger partial charge in [-0.1, -0.05) is 35.9 Å². The lowest BCUT2D eigenvalue weighted by molar-refractivity contribution is 0.261. The number of aromatic amines is 1. The maximum atomic E-state index is 11.5. The number of hydrogen-bond acceptors (Lipinski definition) is 6. The van der Waals surface area contributed by atoms with E-state index in [9.17, 15) is 9.59 Å². The summed E-state index contributed by atoms with van der Waals surface area (Å²) >= 11 is 0. The van der Waals surface area contributed by atoms with Gasteiger partial charge in [0.25, 0.3) is 0 Å². The van der Waals surface area contributed by atoms with E-state index in [0.717, 1.165) is 38.4 Å². The standard InChI is InChI=1S/C24H23N3O5/c1-16-5-3-7-19(13-16)22-25-20(15-31-22)10-12-30-21-8-4-6-18(14-21)17(2)9-11-27-23(28)26-24(29)32-27/h3-9,13-15H,10-12H2,1-2H3,(H,26,28,29)/b17-9+. The summed E-state index contributed by atoms with van der Waals surface area (Å²) in [5, 5.41) is 0. The first-order valence-electron chi connectivity index (χ1n) is 10.2. The zero-order valence-electron chi connectivity index (χ0n) is 17.8. The largest absolute Gasteiger partial charge is 0.493 e. The molecule has 164 valence electrons. The fourth-order valence-electron chi connectivity index (χ4n) is 3.21. The van der Waals surface area contributed by atoms with Crippen LogP contribution in [0.4, 0.5) is 0 Å². The Kier molecular flexibility index (Phi) is 6.21. The molecule has 2 aromatic carbocycles. The summed E-state index contributed by atoms with van der Waals surface area (Å²) < 4.78 is 17.2. The van der Waals surface area contributed by atoms with Crippen molar-refractivity contribution in [3.63, 3.8) is 0 Å². The van der Waals surface area contributed by atoms with Gasteiger partial charge in [-0.3, -0.25) is 0 Å². The lowest BCUT2D eigenvalue weighted by Crippen LogP contribution is -2.15. The first kappa shape index (κ1) is 21.2. The smallest absolute Gasteiger partial charge is 0.440 e. The van der Waals surface area contributed by atoms with Gasteiger partial charge in [-0.2, -0.15) is 0 Å². The summed E-state index contributed by atoms with van der Waals surface area (Å²) in [5.74, 6) is 0.557. The minimum atomic E-state index is -0.769. The summed E-state index contributed by atoms with van der Waals surface area (Å²) in [4.78, 5) is 29.2. The quantitative estimate of drug-likeness (QED) is 0.453. The Morgan fingerprint density at radius 1 is 1.19 bits per heavy atom. The molecule has 0 spiro atoms. The molecule has 0 unspecified atom stereocenters. The molecule has 0 aliphatic heterocycles. The third-order valence-electron chi connectivity index (χ3n) is 4.92. The van der Waals surface area contributed by atoms with Crippen LogP contribution in [0.15, 0.2) is 79.4 Å². The molecule has 4 aromatic rings. The maximum absolute atomic E-state index is 11.5. The van der Waals surface area contributed by atoms with Gasteiger partial charge < -0.3 is 13.7 Å². The Hall–Kier alpha value is -4.07. The summed E-state index contributed by atoms with van der Waals surface area (Å²) in [6, 6.07) is 15.7. The molecule has 0 saturated heterocycles. The van der Waals surface area contributed by atoms with E-state index in [4.69, 9.17) is 13.7 Å². The average molecular weight is 433 g/mol. The van der Waals surface area contributed by atoms with Crippen LogP contribution in [0.25, 0.3) is 17.0 Å². The highest BCUT2D eigenvalue weighted by Crippen LogP contribution is 2.22. The molecule has 0 aliphatic carbocycles. The highest BCUT2D eigenvalue weighted by molar-refractivity contribution is 5.64. The summed E-state index contributed by atoms with van der Waals surface area (Å²) in [7, 11) is 0. The van der Waals surface area contributed by atoms with E-state index >= 15 is 0 Å². The number of aryl methyl sites for hydroxylation is 1. The molecule has 1 N–H and O–H groups in total. The van der Waals surface area contributed by atoms with Crippen molar-refractivity contribution < 1.29 is 13.7 Å². The number of benzene rings is 2. The predicted molar refractivity (Wildman–Crippen MR) is 120 cm³/mol. The SMILES string of the molecule is C/C(=C\Cn1oc(=O)[nH]c1=O)c1cccc(OCCc2coc(-c3cccc(C)c3)n2)c1. The van der Waals surface area contributed by atoms with Gasteiger partial charge in [-0.05, 0) is 49.2 Å². The lowest BCUT2D eigenvalue weighted by atomic mass is 10.1. The van der Waals surface area contributed by atoms with Crippen LogP contribution in [0.2, 0.25) is 0 Å². The number of hydrogen-bond donors (Lipinski definition) is 1. The number of ether oxygens (including phenoxy) is 1. The molecule has 0 saturated carbocycles. The number of oxazole rings is 1. The van der Waals surface area contributed by atoms with Gasteiger partial charge in [0.05, 0.1) is 18.8 Å². The van der Waals surface area contributed by atoms with Crippen molar-refractivity contribution in [3.8, 4) is 17.2 Å². The fourth-order valence-corrected chi connectivity index (χ4v) is 3.21. The van der Waals surface area contributed by atoms with Crippen LogP contribution in [-0.4, -0.2) is 21.3 Å². The molecule has 0 bridgehead atoms. The molecule has 0 atom stereocenters. The van der Waals surface area contributed by atoms with Gasteiger partial charge in [-0.25, -0.2) is 19.6 Å². The van der Waals surface area contributed by atoms with Crippen LogP contribution in [0, 0.1) is 6.92 Å². The molecular weight excluding hydrogens is 410 g/mol. The van der Waals surface area contributed by atoms with E-state index in [1.54, 1.807) is 12.3 Å². The van der Waals surface area contributed by atoms with Crippen LogP contribution in [0.5, 0.6) is 5.75 Å². The molecular formula is C24H23N3O5. The highest BCUT2D eigenvalue weighted by atomic mass is 16.5. The second-order valence-corrected chi connectivity index (χ2v) is 7.40. The van der Waals surface area contributed by atoms with Crippen LogP contribution in [0.3, 0.4) is 0 Å². The molecule has 4 rings (SSSR count). The Morgan fingerprint density at radius 2 is 2.03 bits per heavy atom. The molecule has 8 heteroatoms. The van der Waals surface area contributed by atoms with E-state index in [1.165, 1.54) is 0 Å². The number of allylic oxidation sites excluding steroid dienone is 2. The van der Waals surface area contributed by atoms with E-state index in [0.29, 0.717) is 18.9 Å². The first-order valence-corrected chi connectivity index (χ1v) is 10.2. The van der Waals surface area contributed by atoms with Crippen LogP contribution >= 0.6 is 0 Å². The zero-order valence-corrected chi connectivity index (χ0v) is 17.8. The fraction of sp³-hybridized carbons (Fsp3) is 0.208. The van der Waals surface area contributed by atoms with Gasteiger partial charge in [0.2, 0.25) is 5.89 Å². The Labute approximate surface area is 183 Å². The predicted octanol–water partition coefficient (Wildman–Crippen LogP) is 3.82. The number of nitrogens with zero attached hydrogens (tertiary/aromatic N) is 2. The van der Waals surface area contributed by atoms with Crippen LogP contribution in [-0.2, 0) is 13.0 Å². The van der Waals surface area contributed by atoms with Gasteiger partial charge in [0.15, 0.2) is 0 Å². The first-order chi connectivity index (χ1) is 15.5. The molecule has 0 radical (unpaired) electrons. The molecule has 2 heterocycles. The lowest BCUT2D eigenvalue weighted by Gasteiger charge is -2.08. The zero-order chi connectivity index (χ0) is 22.5. The van der Waals surface area contributed by atoms with E-state index in [2.05, 4.69) is 9.97 Å². The van der Waals surface area contributed by atoms with Crippen molar-refractivity contribution in [3.05, 3.63) is 98.7 Å². The normalized spacial score (nSPS) is 11.6. The van der Waals surface area contributed by atoms with E-state index in [1.807, 2.05) is 62.4 Å². The number of aromatic nitrogens is 3. The van der Waals surface area contributed by atoms with Crippen molar-refractivity contribution in [2.45, 2.75) is 26.8 Å². The number of nitrogens with one attached hydrogen (secondary N) is 1. The van der Waals surface area contributed by atoms with Crippen molar-refractivity contribution >= 4 is 5.57 Å². The average Bonchev–Trinajstić information content (AvgIpc) is 3.38. The Balaban J connectivity index is 1.35. The Morgan fingerprint density at radius 3 is 2.81 bits per heavy atom. The summed E-state index contributed by atoms with van der Waals surface area (Å²) in [6.45, 7) is 4.56. The van der Waals surface area contributed by atoms with Crippen LogP contribution < -0.4 is 16.2 Å². The molecule has 2 aromatic heterocycles. The monoisotopic (exact) mass is 433 g/mol. The van der Waals surface area contributed by atoms with Crippen molar-refractivity contribution in [2.24, 2.45) is 0 Å². The maximum Gasteiger partial charge on any atom is 0.440 e. The van der Waals surface area contributed by atoms with Gasteiger partial charge in [0.1, 0.15) is 12.0 Å². The van der Waals surface area contributed by atoms with Crippen molar-refractivity contribution in [1.82, 2.24) is 14.7 Å². The second-order valence-electron chi connectivity index (χ2n) is 7.40. The van der Waals surface area contributed by atoms with Gasteiger partial charge in [0, 0.05) is 12.0 Å². The number of rotatable bonds is 8. The summed E-state index contributed by atoms with van der Waals surface area (Å²) in [5.41, 5.74) is 4.22. The molecule has 0 aliphatic rings. The third kappa shape index (κ3) is 5.15. The van der Waals surface area contributed by atoms with Gasteiger partial charge in [-0.15, -0.1) is 4.74 Å². The van der Waals surface area contributed by atoms with Crippen LogP contribution in [0.1, 0.15) is 23.7 Å². The topological polar surface area (TPSA) is 103 Å². The molecule has 0 amide bonds.